The van der Waals surface area contributed by atoms with Gasteiger partial charge in [-0.2, -0.15) is 5.10 Å². The third-order valence-corrected chi connectivity index (χ3v) is 1.93. The summed E-state index contributed by atoms with van der Waals surface area (Å²) in [6.45, 7) is 1.98. The lowest BCUT2D eigenvalue weighted by atomic mass is 10.3. The highest BCUT2D eigenvalue weighted by Crippen LogP contribution is 2.07. The fraction of sp³-hybridized carbons (Fsp3) is 0.0909. The molecule has 0 spiro atoms. The quantitative estimate of drug-likeness (QED) is 0.678. The molecule has 1 aromatic heterocycles. The third kappa shape index (κ3) is 1.61. The van der Waals surface area contributed by atoms with E-state index in [0.717, 1.165) is 11.4 Å². The maximum atomic E-state index is 4.36. The molecular formula is C11H11N2. The molecular weight excluding hydrogens is 160 g/mol. The van der Waals surface area contributed by atoms with Crippen molar-refractivity contribution in [1.82, 2.24) is 9.78 Å². The van der Waals surface area contributed by atoms with Crippen molar-refractivity contribution < 1.29 is 0 Å². The van der Waals surface area contributed by atoms with Crippen LogP contribution in [-0.2, 0) is 0 Å². The summed E-state index contributed by atoms with van der Waals surface area (Å²) in [4.78, 5) is 0. The van der Waals surface area contributed by atoms with Gasteiger partial charge in [0.05, 0.1) is 11.4 Å². The Kier molecular flexibility index (Phi) is 2.13. The number of hydrogen-bond donors (Lipinski definition) is 0. The lowest BCUT2D eigenvalue weighted by molar-refractivity contribution is 0.865. The molecule has 0 amide bonds. The summed E-state index contributed by atoms with van der Waals surface area (Å²) in [5, 5.41) is 4.36. The second kappa shape index (κ2) is 3.44. The first kappa shape index (κ1) is 8.05. The van der Waals surface area contributed by atoms with E-state index in [1.165, 1.54) is 0 Å². The van der Waals surface area contributed by atoms with Gasteiger partial charge >= 0.3 is 0 Å². The Bertz CT molecular complexity index is 376. The molecule has 13 heavy (non-hydrogen) atoms. The SMILES string of the molecule is C[CH]c1ccn(-c2ccccc2)n1. The maximum Gasteiger partial charge on any atom is 0.0663 e. The van der Waals surface area contributed by atoms with Crippen LogP contribution >= 0.6 is 0 Å². The minimum atomic E-state index is 1.00. The molecule has 0 fully saturated rings. The van der Waals surface area contributed by atoms with Gasteiger partial charge < -0.3 is 0 Å². The minimum Gasteiger partial charge on any atom is -0.241 e. The number of benzene rings is 1. The largest absolute Gasteiger partial charge is 0.241 e. The Morgan fingerprint density at radius 3 is 2.54 bits per heavy atom. The molecule has 0 aliphatic rings. The predicted molar refractivity (Wildman–Crippen MR) is 52.6 cm³/mol. The topological polar surface area (TPSA) is 17.8 Å². The van der Waals surface area contributed by atoms with Crippen molar-refractivity contribution >= 4 is 0 Å². The molecule has 1 heterocycles. The summed E-state index contributed by atoms with van der Waals surface area (Å²) >= 11 is 0. The summed E-state index contributed by atoms with van der Waals surface area (Å²) in [6.07, 6.45) is 3.95. The van der Waals surface area contributed by atoms with Crippen LogP contribution in [0.4, 0.5) is 0 Å². The minimum absolute atomic E-state index is 1.00. The Morgan fingerprint density at radius 2 is 1.92 bits per heavy atom. The van der Waals surface area contributed by atoms with Gasteiger partial charge in [-0.3, -0.25) is 0 Å². The summed E-state index contributed by atoms with van der Waals surface area (Å²) in [7, 11) is 0. The van der Waals surface area contributed by atoms with Crippen LogP contribution in [0.2, 0.25) is 0 Å². The van der Waals surface area contributed by atoms with E-state index < -0.39 is 0 Å². The fourth-order valence-corrected chi connectivity index (χ4v) is 1.22. The van der Waals surface area contributed by atoms with Crippen LogP contribution in [-0.4, -0.2) is 9.78 Å². The molecule has 65 valence electrons. The van der Waals surface area contributed by atoms with E-state index in [-0.39, 0.29) is 0 Å². The van der Waals surface area contributed by atoms with Crippen molar-refractivity contribution in [1.29, 1.82) is 0 Å². The predicted octanol–water partition coefficient (Wildman–Crippen LogP) is 2.44. The summed E-state index contributed by atoms with van der Waals surface area (Å²) in [5.41, 5.74) is 2.10. The van der Waals surface area contributed by atoms with E-state index in [1.54, 1.807) is 0 Å². The van der Waals surface area contributed by atoms with Crippen molar-refractivity contribution in [2.24, 2.45) is 0 Å². The van der Waals surface area contributed by atoms with Crippen LogP contribution in [0, 0.1) is 6.42 Å². The number of nitrogens with zero attached hydrogens (tertiary/aromatic N) is 2. The van der Waals surface area contributed by atoms with Crippen molar-refractivity contribution in [3.05, 3.63) is 54.7 Å². The van der Waals surface area contributed by atoms with E-state index >= 15 is 0 Å². The van der Waals surface area contributed by atoms with Gasteiger partial charge in [-0.25, -0.2) is 4.68 Å². The van der Waals surface area contributed by atoms with Gasteiger partial charge in [0.25, 0.3) is 0 Å². The standard InChI is InChI=1S/C11H11N2/c1-2-10-8-9-13(12-10)11-6-4-3-5-7-11/h2-9H,1H3. The lowest BCUT2D eigenvalue weighted by Crippen LogP contribution is -1.94. The van der Waals surface area contributed by atoms with Gasteiger partial charge in [-0.1, -0.05) is 25.1 Å². The van der Waals surface area contributed by atoms with Crippen LogP contribution in [0.1, 0.15) is 12.6 Å². The number of hydrogen-bond acceptors (Lipinski definition) is 1. The molecule has 0 saturated heterocycles. The first-order chi connectivity index (χ1) is 6.40. The first-order valence-electron chi connectivity index (χ1n) is 4.30. The van der Waals surface area contributed by atoms with Crippen LogP contribution in [0.3, 0.4) is 0 Å². The molecule has 0 aliphatic carbocycles. The average Bonchev–Trinajstić information content (AvgIpc) is 2.67. The molecule has 1 radical (unpaired) electrons. The number of rotatable bonds is 2. The average molecular weight is 171 g/mol. The molecule has 2 heteroatoms. The highest BCUT2D eigenvalue weighted by atomic mass is 15.3. The highest BCUT2D eigenvalue weighted by molar-refractivity contribution is 5.30. The molecule has 0 atom stereocenters. The zero-order chi connectivity index (χ0) is 9.10. The smallest absolute Gasteiger partial charge is 0.0663 e. The molecule has 0 aliphatic heterocycles. The van der Waals surface area contributed by atoms with Gasteiger partial charge in [0.1, 0.15) is 0 Å². The monoisotopic (exact) mass is 171 g/mol. The molecule has 2 aromatic rings. The van der Waals surface area contributed by atoms with E-state index in [9.17, 15) is 0 Å². The van der Waals surface area contributed by atoms with Crippen molar-refractivity contribution in [3.63, 3.8) is 0 Å². The molecule has 1 aromatic carbocycles. The zero-order valence-electron chi connectivity index (χ0n) is 7.51. The Labute approximate surface area is 77.8 Å². The number of para-hydroxylation sites is 1. The molecule has 0 N–H and O–H groups in total. The molecule has 2 nitrogen and oxygen atoms in total. The van der Waals surface area contributed by atoms with Crippen LogP contribution < -0.4 is 0 Å². The van der Waals surface area contributed by atoms with E-state index in [0.29, 0.717) is 0 Å². The van der Waals surface area contributed by atoms with Gasteiger partial charge in [-0.05, 0) is 18.2 Å². The lowest BCUT2D eigenvalue weighted by Gasteiger charge is -1.98. The van der Waals surface area contributed by atoms with Crippen molar-refractivity contribution in [2.75, 3.05) is 0 Å². The van der Waals surface area contributed by atoms with Gasteiger partial charge in [-0.15, -0.1) is 0 Å². The zero-order valence-corrected chi connectivity index (χ0v) is 7.51. The summed E-state index contributed by atoms with van der Waals surface area (Å²) < 4.78 is 1.87. The van der Waals surface area contributed by atoms with Gasteiger partial charge in [0.2, 0.25) is 0 Å². The Morgan fingerprint density at radius 1 is 1.15 bits per heavy atom. The summed E-state index contributed by atoms with van der Waals surface area (Å²) in [6, 6.07) is 12.1. The van der Waals surface area contributed by atoms with E-state index in [2.05, 4.69) is 5.10 Å². The maximum absolute atomic E-state index is 4.36. The fourth-order valence-electron chi connectivity index (χ4n) is 1.22. The molecule has 0 saturated carbocycles. The molecule has 0 unspecified atom stereocenters. The molecule has 2 rings (SSSR count). The third-order valence-electron chi connectivity index (χ3n) is 1.93. The number of aromatic nitrogens is 2. The Hall–Kier alpha value is -1.57. The van der Waals surface area contributed by atoms with Crippen LogP contribution in [0.5, 0.6) is 0 Å². The second-order valence-corrected chi connectivity index (χ2v) is 2.81. The highest BCUT2D eigenvalue weighted by Gasteiger charge is 1.97. The first-order valence-corrected chi connectivity index (χ1v) is 4.30. The van der Waals surface area contributed by atoms with E-state index in [4.69, 9.17) is 0 Å². The summed E-state index contributed by atoms with van der Waals surface area (Å²) in [5.74, 6) is 0. The normalized spacial score (nSPS) is 10.2. The van der Waals surface area contributed by atoms with Crippen molar-refractivity contribution in [3.8, 4) is 5.69 Å². The van der Waals surface area contributed by atoms with E-state index in [1.807, 2.05) is 60.6 Å². The van der Waals surface area contributed by atoms with Crippen LogP contribution in [0.25, 0.3) is 5.69 Å². The molecule has 0 bridgehead atoms. The second-order valence-electron chi connectivity index (χ2n) is 2.81. The Balaban J connectivity index is 2.36. The van der Waals surface area contributed by atoms with Gasteiger partial charge in [0, 0.05) is 12.6 Å². The van der Waals surface area contributed by atoms with Crippen molar-refractivity contribution in [2.45, 2.75) is 6.92 Å². The van der Waals surface area contributed by atoms with Gasteiger partial charge in [0.15, 0.2) is 0 Å². The van der Waals surface area contributed by atoms with Crippen LogP contribution in [0.15, 0.2) is 42.6 Å².